The number of hydrogen-bond acceptors (Lipinski definition) is 4. The highest BCUT2D eigenvalue weighted by Gasteiger charge is 2.40. The summed E-state index contributed by atoms with van der Waals surface area (Å²) in [5, 5.41) is 4.14. The highest BCUT2D eigenvalue weighted by molar-refractivity contribution is 7.80. The zero-order chi connectivity index (χ0) is 19.6. The SMILES string of the molecule is COC(=O)CCCN1C(=S)N[C@H](c2ccccn2)[C@H]1c1cc(C)n(C)c1C. The summed E-state index contributed by atoms with van der Waals surface area (Å²) in [5.41, 5.74) is 4.61. The van der Waals surface area contributed by atoms with E-state index in [1.54, 1.807) is 6.20 Å². The molecule has 0 saturated carbocycles. The largest absolute Gasteiger partial charge is 0.469 e. The quantitative estimate of drug-likeness (QED) is 0.608. The molecule has 7 heteroatoms. The van der Waals surface area contributed by atoms with Gasteiger partial charge >= 0.3 is 5.97 Å². The minimum atomic E-state index is -0.197. The second-order valence-corrected chi connectivity index (χ2v) is 7.27. The Morgan fingerprint density at radius 2 is 2.15 bits per heavy atom. The summed E-state index contributed by atoms with van der Waals surface area (Å²) in [7, 11) is 3.49. The molecule has 2 aromatic rings. The Morgan fingerprint density at radius 1 is 1.37 bits per heavy atom. The number of hydrogen-bond donors (Lipinski definition) is 1. The van der Waals surface area contributed by atoms with Crippen LogP contribution in [0.3, 0.4) is 0 Å². The number of aryl methyl sites for hydroxylation is 1. The molecule has 3 heterocycles. The van der Waals surface area contributed by atoms with Crippen molar-refractivity contribution in [3.63, 3.8) is 0 Å². The van der Waals surface area contributed by atoms with E-state index in [4.69, 9.17) is 17.0 Å². The molecule has 27 heavy (non-hydrogen) atoms. The number of rotatable bonds is 6. The third kappa shape index (κ3) is 3.83. The molecule has 144 valence electrons. The van der Waals surface area contributed by atoms with E-state index in [1.165, 1.54) is 24.1 Å². The molecule has 0 unspecified atom stereocenters. The van der Waals surface area contributed by atoms with Gasteiger partial charge in [0.2, 0.25) is 0 Å². The van der Waals surface area contributed by atoms with Gasteiger partial charge < -0.3 is 19.5 Å². The topological polar surface area (TPSA) is 59.4 Å². The zero-order valence-electron chi connectivity index (χ0n) is 16.2. The first kappa shape index (κ1) is 19.4. The second kappa shape index (κ2) is 8.08. The maximum Gasteiger partial charge on any atom is 0.305 e. The van der Waals surface area contributed by atoms with Gasteiger partial charge in [-0.3, -0.25) is 9.78 Å². The fourth-order valence-electron chi connectivity index (χ4n) is 3.66. The molecule has 0 bridgehead atoms. The number of carbonyl (C=O) groups excluding carboxylic acids is 1. The van der Waals surface area contributed by atoms with Gasteiger partial charge in [-0.1, -0.05) is 6.07 Å². The standard InChI is InChI=1S/C20H26N4O2S/c1-13-12-15(14(2)23(13)3)19-18(16-8-5-6-10-21-16)22-20(27)24(19)11-7-9-17(25)26-4/h5-6,8,10,12,18-19H,7,9,11H2,1-4H3,(H,22,27)/t18-,19-/m1/s1. The maximum atomic E-state index is 11.5. The summed E-state index contributed by atoms with van der Waals surface area (Å²) in [5.74, 6) is -0.197. The van der Waals surface area contributed by atoms with Gasteiger partial charge in [0, 0.05) is 37.6 Å². The summed E-state index contributed by atoms with van der Waals surface area (Å²) in [4.78, 5) is 18.2. The van der Waals surface area contributed by atoms with Crippen molar-refractivity contribution in [2.75, 3.05) is 13.7 Å². The highest BCUT2D eigenvalue weighted by atomic mass is 32.1. The van der Waals surface area contributed by atoms with Crippen molar-refractivity contribution in [1.29, 1.82) is 0 Å². The third-order valence-corrected chi connectivity index (χ3v) is 5.69. The number of aromatic nitrogens is 2. The molecule has 0 amide bonds. The van der Waals surface area contributed by atoms with Crippen LogP contribution in [0.15, 0.2) is 30.5 Å². The summed E-state index contributed by atoms with van der Waals surface area (Å²) >= 11 is 5.65. The van der Waals surface area contributed by atoms with Crippen LogP contribution in [0.2, 0.25) is 0 Å². The Hall–Kier alpha value is -2.41. The van der Waals surface area contributed by atoms with Crippen LogP contribution in [0.1, 0.15) is 47.6 Å². The lowest BCUT2D eigenvalue weighted by Gasteiger charge is -2.28. The number of carbonyl (C=O) groups is 1. The number of pyridine rings is 1. The summed E-state index contributed by atoms with van der Waals surface area (Å²) < 4.78 is 6.96. The highest BCUT2D eigenvalue weighted by Crippen LogP contribution is 2.40. The molecule has 3 rings (SSSR count). The maximum absolute atomic E-state index is 11.5. The van der Waals surface area contributed by atoms with Crippen molar-refractivity contribution >= 4 is 23.3 Å². The average molecular weight is 387 g/mol. The average Bonchev–Trinajstić information content (AvgIpc) is 3.13. The summed E-state index contributed by atoms with van der Waals surface area (Å²) in [6, 6.07) is 8.16. The van der Waals surface area contributed by atoms with E-state index in [9.17, 15) is 4.79 Å². The molecule has 0 radical (unpaired) electrons. The first-order chi connectivity index (χ1) is 12.9. The molecule has 2 aromatic heterocycles. The van der Waals surface area contributed by atoms with Crippen LogP contribution in [0.5, 0.6) is 0 Å². The predicted octanol–water partition coefficient (Wildman–Crippen LogP) is 2.96. The summed E-state index contributed by atoms with van der Waals surface area (Å²) in [6.07, 6.45) is 2.87. The first-order valence-electron chi connectivity index (χ1n) is 9.11. The smallest absolute Gasteiger partial charge is 0.305 e. The van der Waals surface area contributed by atoms with E-state index in [-0.39, 0.29) is 18.1 Å². The Labute approximate surface area is 165 Å². The Kier molecular flexibility index (Phi) is 5.79. The second-order valence-electron chi connectivity index (χ2n) is 6.89. The van der Waals surface area contributed by atoms with E-state index >= 15 is 0 Å². The Bertz CT molecular complexity index is 834. The van der Waals surface area contributed by atoms with Crippen LogP contribution >= 0.6 is 12.2 Å². The summed E-state index contributed by atoms with van der Waals surface area (Å²) in [6.45, 7) is 4.92. The van der Waals surface area contributed by atoms with E-state index in [1.807, 2.05) is 18.2 Å². The zero-order valence-corrected chi connectivity index (χ0v) is 17.0. The molecule has 1 aliphatic rings. The van der Waals surface area contributed by atoms with Gasteiger partial charge in [0.15, 0.2) is 5.11 Å². The van der Waals surface area contributed by atoms with Crippen LogP contribution in [-0.4, -0.2) is 39.2 Å². The van der Waals surface area contributed by atoms with Crippen LogP contribution in [0.4, 0.5) is 0 Å². The molecule has 1 N–H and O–H groups in total. The number of nitrogens with zero attached hydrogens (tertiary/aromatic N) is 3. The van der Waals surface area contributed by atoms with Crippen LogP contribution in [0.25, 0.3) is 0 Å². The van der Waals surface area contributed by atoms with Gasteiger partial charge in [-0.05, 0) is 56.2 Å². The van der Waals surface area contributed by atoms with Crippen molar-refractivity contribution in [2.45, 2.75) is 38.8 Å². The van der Waals surface area contributed by atoms with Crippen molar-refractivity contribution in [3.05, 3.63) is 53.1 Å². The number of methoxy groups -OCH3 is 1. The lowest BCUT2D eigenvalue weighted by atomic mass is 9.96. The first-order valence-corrected chi connectivity index (χ1v) is 9.52. The van der Waals surface area contributed by atoms with E-state index < -0.39 is 0 Å². The number of esters is 1. The van der Waals surface area contributed by atoms with Gasteiger partial charge in [-0.15, -0.1) is 0 Å². The normalized spacial score (nSPS) is 19.3. The van der Waals surface area contributed by atoms with Crippen LogP contribution in [0, 0.1) is 13.8 Å². The van der Waals surface area contributed by atoms with E-state index in [2.05, 4.69) is 46.7 Å². The molecule has 2 atom stereocenters. The molecule has 1 fully saturated rings. The molecule has 0 aliphatic carbocycles. The Balaban J connectivity index is 1.94. The monoisotopic (exact) mass is 386 g/mol. The third-order valence-electron chi connectivity index (χ3n) is 5.34. The van der Waals surface area contributed by atoms with E-state index in [0.29, 0.717) is 24.5 Å². The van der Waals surface area contributed by atoms with Gasteiger partial charge in [-0.25, -0.2) is 0 Å². The van der Waals surface area contributed by atoms with Crippen LogP contribution in [-0.2, 0) is 16.6 Å². The molecule has 6 nitrogen and oxygen atoms in total. The van der Waals surface area contributed by atoms with Crippen molar-refractivity contribution < 1.29 is 9.53 Å². The fourth-order valence-corrected chi connectivity index (χ4v) is 4.00. The van der Waals surface area contributed by atoms with Gasteiger partial charge in [0.1, 0.15) is 0 Å². The minimum absolute atomic E-state index is 0.0303. The molecular weight excluding hydrogens is 360 g/mol. The van der Waals surface area contributed by atoms with E-state index in [0.717, 1.165) is 5.69 Å². The van der Waals surface area contributed by atoms with Gasteiger partial charge in [0.05, 0.1) is 24.9 Å². The predicted molar refractivity (Wildman–Crippen MR) is 108 cm³/mol. The molecule has 0 spiro atoms. The van der Waals surface area contributed by atoms with Gasteiger partial charge in [0.25, 0.3) is 0 Å². The Morgan fingerprint density at radius 3 is 2.74 bits per heavy atom. The minimum Gasteiger partial charge on any atom is -0.469 e. The van der Waals surface area contributed by atoms with Crippen molar-refractivity contribution in [3.8, 4) is 0 Å². The number of nitrogens with one attached hydrogen (secondary N) is 1. The molecular formula is C20H26N4O2S. The molecule has 1 aliphatic heterocycles. The molecule has 0 aromatic carbocycles. The van der Waals surface area contributed by atoms with Gasteiger partial charge in [-0.2, -0.15) is 0 Å². The lowest BCUT2D eigenvalue weighted by Crippen LogP contribution is -2.31. The number of thiocarbonyl (C=S) groups is 1. The molecule has 1 saturated heterocycles. The van der Waals surface area contributed by atoms with Crippen LogP contribution < -0.4 is 5.32 Å². The number of ether oxygens (including phenoxy) is 1. The van der Waals surface area contributed by atoms with Crippen molar-refractivity contribution in [1.82, 2.24) is 19.8 Å². The lowest BCUT2D eigenvalue weighted by molar-refractivity contribution is -0.140. The van der Waals surface area contributed by atoms with Crippen molar-refractivity contribution in [2.24, 2.45) is 7.05 Å². The fraction of sp³-hybridized carbons (Fsp3) is 0.450.